The van der Waals surface area contributed by atoms with Gasteiger partial charge in [-0.1, -0.05) is 42.0 Å². The fraction of sp³-hybridized carbons (Fsp3) is 0.300. The minimum absolute atomic E-state index is 0.0928. The number of benzene rings is 2. The summed E-state index contributed by atoms with van der Waals surface area (Å²) < 4.78 is 0. The van der Waals surface area contributed by atoms with Gasteiger partial charge in [-0.25, -0.2) is 4.79 Å². The van der Waals surface area contributed by atoms with Gasteiger partial charge in [0.25, 0.3) is 0 Å². The van der Waals surface area contributed by atoms with Crippen LogP contribution in [0.15, 0.2) is 48.5 Å². The lowest BCUT2D eigenvalue weighted by Crippen LogP contribution is -2.36. The molecule has 1 amide bonds. The summed E-state index contributed by atoms with van der Waals surface area (Å²) in [5.41, 5.74) is 3.22. The molecule has 24 heavy (non-hydrogen) atoms. The van der Waals surface area contributed by atoms with Crippen molar-refractivity contribution in [2.75, 3.05) is 6.54 Å². The van der Waals surface area contributed by atoms with Crippen molar-refractivity contribution in [2.45, 2.75) is 31.6 Å². The molecule has 1 aliphatic carbocycles. The molecule has 4 nitrogen and oxygen atoms in total. The Morgan fingerprint density at radius 3 is 2.42 bits per heavy atom. The van der Waals surface area contributed by atoms with Crippen molar-refractivity contribution in [1.82, 2.24) is 5.32 Å². The molecule has 0 aliphatic heterocycles. The van der Waals surface area contributed by atoms with Crippen LogP contribution in [-0.2, 0) is 16.6 Å². The van der Waals surface area contributed by atoms with E-state index in [9.17, 15) is 9.59 Å². The number of amides is 1. The maximum atomic E-state index is 12.6. The van der Waals surface area contributed by atoms with Gasteiger partial charge in [0.15, 0.2) is 0 Å². The number of carboxylic acids is 1. The molecule has 0 unspecified atom stereocenters. The van der Waals surface area contributed by atoms with E-state index in [1.807, 2.05) is 25.1 Å². The minimum atomic E-state index is -0.927. The molecule has 2 aromatic carbocycles. The quantitative estimate of drug-likeness (QED) is 0.858. The van der Waals surface area contributed by atoms with Gasteiger partial charge >= 0.3 is 5.97 Å². The number of aryl methyl sites for hydroxylation is 1. The topological polar surface area (TPSA) is 66.4 Å². The molecule has 0 spiro atoms. The number of carbonyl (C=O) groups excluding carboxylic acids is 1. The van der Waals surface area contributed by atoms with Gasteiger partial charge in [-0.3, -0.25) is 4.79 Å². The SMILES string of the molecule is Cc1cccc(C2(C(=O)NCCc3ccc(C(=O)O)cc3)CC2)c1. The molecule has 1 saturated carbocycles. The van der Waals surface area contributed by atoms with E-state index in [2.05, 4.69) is 11.4 Å². The molecule has 1 fully saturated rings. The highest BCUT2D eigenvalue weighted by atomic mass is 16.4. The van der Waals surface area contributed by atoms with E-state index >= 15 is 0 Å². The summed E-state index contributed by atoms with van der Waals surface area (Å²) >= 11 is 0. The third-order valence-electron chi connectivity index (χ3n) is 4.66. The van der Waals surface area contributed by atoms with Crippen molar-refractivity contribution in [3.05, 3.63) is 70.8 Å². The average Bonchev–Trinajstić information content (AvgIpc) is 3.37. The second-order valence-electron chi connectivity index (χ2n) is 6.46. The summed E-state index contributed by atoms with van der Waals surface area (Å²) in [5.74, 6) is -0.834. The maximum Gasteiger partial charge on any atom is 0.335 e. The summed E-state index contributed by atoms with van der Waals surface area (Å²) in [4.78, 5) is 23.4. The zero-order chi connectivity index (χ0) is 17.2. The van der Waals surface area contributed by atoms with E-state index in [4.69, 9.17) is 5.11 Å². The first-order chi connectivity index (χ1) is 11.5. The second kappa shape index (κ2) is 6.48. The van der Waals surface area contributed by atoms with Crippen molar-refractivity contribution >= 4 is 11.9 Å². The van der Waals surface area contributed by atoms with Crippen LogP contribution < -0.4 is 5.32 Å². The summed E-state index contributed by atoms with van der Waals surface area (Å²) in [6, 6.07) is 14.9. The molecule has 124 valence electrons. The summed E-state index contributed by atoms with van der Waals surface area (Å²) in [5, 5.41) is 11.9. The van der Waals surface area contributed by atoms with E-state index in [0.29, 0.717) is 13.0 Å². The Labute approximate surface area is 141 Å². The van der Waals surface area contributed by atoms with Gasteiger partial charge in [-0.05, 0) is 49.4 Å². The zero-order valence-electron chi connectivity index (χ0n) is 13.7. The standard InChI is InChI=1S/C20H21NO3/c1-14-3-2-4-17(13-14)20(10-11-20)19(24)21-12-9-15-5-7-16(8-6-15)18(22)23/h2-8,13H,9-12H2,1H3,(H,21,24)(H,22,23). The smallest absolute Gasteiger partial charge is 0.335 e. The molecule has 0 bridgehead atoms. The summed E-state index contributed by atoms with van der Waals surface area (Å²) in [6.07, 6.45) is 2.49. The molecule has 0 atom stereocenters. The third kappa shape index (κ3) is 3.32. The van der Waals surface area contributed by atoms with Gasteiger partial charge in [0.2, 0.25) is 5.91 Å². The lowest BCUT2D eigenvalue weighted by molar-refractivity contribution is -0.123. The first kappa shape index (κ1) is 16.2. The van der Waals surface area contributed by atoms with Crippen LogP contribution in [0.3, 0.4) is 0 Å². The summed E-state index contributed by atoms with van der Waals surface area (Å²) in [6.45, 7) is 2.59. The molecule has 0 heterocycles. The highest BCUT2D eigenvalue weighted by molar-refractivity contribution is 5.91. The van der Waals surface area contributed by atoms with Crippen LogP contribution in [0.2, 0.25) is 0 Å². The van der Waals surface area contributed by atoms with Crippen LogP contribution in [0.4, 0.5) is 0 Å². The Kier molecular flexibility index (Phi) is 4.38. The number of aromatic carboxylic acids is 1. The first-order valence-corrected chi connectivity index (χ1v) is 8.19. The number of hydrogen-bond donors (Lipinski definition) is 2. The van der Waals surface area contributed by atoms with Crippen molar-refractivity contribution in [2.24, 2.45) is 0 Å². The van der Waals surface area contributed by atoms with Crippen LogP contribution in [0.5, 0.6) is 0 Å². The molecule has 0 aromatic heterocycles. The van der Waals surface area contributed by atoms with E-state index in [-0.39, 0.29) is 16.9 Å². The predicted molar refractivity (Wildman–Crippen MR) is 92.2 cm³/mol. The lowest BCUT2D eigenvalue weighted by Gasteiger charge is -2.16. The number of carbonyl (C=O) groups is 2. The van der Waals surface area contributed by atoms with Gasteiger partial charge in [0.1, 0.15) is 0 Å². The lowest BCUT2D eigenvalue weighted by atomic mass is 9.93. The Morgan fingerprint density at radius 1 is 1.12 bits per heavy atom. The molecule has 0 radical (unpaired) electrons. The van der Waals surface area contributed by atoms with E-state index in [1.165, 1.54) is 5.56 Å². The van der Waals surface area contributed by atoms with E-state index in [1.54, 1.807) is 24.3 Å². The van der Waals surface area contributed by atoms with E-state index < -0.39 is 5.97 Å². The van der Waals surface area contributed by atoms with Crippen molar-refractivity contribution in [3.8, 4) is 0 Å². The fourth-order valence-electron chi connectivity index (χ4n) is 3.02. The molecule has 2 aromatic rings. The molecular formula is C20H21NO3. The van der Waals surface area contributed by atoms with Gasteiger partial charge in [0, 0.05) is 6.54 Å². The molecule has 0 saturated heterocycles. The normalized spacial score (nSPS) is 14.9. The number of carboxylic acid groups (broad SMARTS) is 1. The Balaban J connectivity index is 1.57. The molecular weight excluding hydrogens is 302 g/mol. The fourth-order valence-corrected chi connectivity index (χ4v) is 3.02. The Hall–Kier alpha value is -2.62. The third-order valence-corrected chi connectivity index (χ3v) is 4.66. The number of nitrogens with one attached hydrogen (secondary N) is 1. The van der Waals surface area contributed by atoms with Crippen molar-refractivity contribution < 1.29 is 14.7 Å². The Bertz CT molecular complexity index is 761. The van der Waals surface area contributed by atoms with Crippen LogP contribution in [0, 0.1) is 6.92 Å². The van der Waals surface area contributed by atoms with Crippen LogP contribution >= 0.6 is 0 Å². The average molecular weight is 323 g/mol. The van der Waals surface area contributed by atoms with Gasteiger partial charge < -0.3 is 10.4 Å². The highest BCUT2D eigenvalue weighted by Gasteiger charge is 2.50. The second-order valence-corrected chi connectivity index (χ2v) is 6.46. The monoisotopic (exact) mass is 323 g/mol. The largest absolute Gasteiger partial charge is 0.478 e. The molecule has 1 aliphatic rings. The summed E-state index contributed by atoms with van der Waals surface area (Å²) in [7, 11) is 0. The van der Waals surface area contributed by atoms with Crippen LogP contribution in [0.25, 0.3) is 0 Å². The van der Waals surface area contributed by atoms with Gasteiger partial charge in [-0.2, -0.15) is 0 Å². The maximum absolute atomic E-state index is 12.6. The molecule has 3 rings (SSSR count). The number of hydrogen-bond acceptors (Lipinski definition) is 2. The van der Waals surface area contributed by atoms with Crippen molar-refractivity contribution in [3.63, 3.8) is 0 Å². The van der Waals surface area contributed by atoms with Gasteiger partial charge in [0.05, 0.1) is 11.0 Å². The molecule has 2 N–H and O–H groups in total. The van der Waals surface area contributed by atoms with Crippen molar-refractivity contribution in [1.29, 1.82) is 0 Å². The molecule has 4 heteroatoms. The zero-order valence-corrected chi connectivity index (χ0v) is 13.7. The Morgan fingerprint density at radius 2 is 1.83 bits per heavy atom. The van der Waals surface area contributed by atoms with Crippen LogP contribution in [0.1, 0.15) is 39.9 Å². The van der Waals surface area contributed by atoms with Crippen LogP contribution in [-0.4, -0.2) is 23.5 Å². The van der Waals surface area contributed by atoms with Gasteiger partial charge in [-0.15, -0.1) is 0 Å². The highest BCUT2D eigenvalue weighted by Crippen LogP contribution is 2.48. The van der Waals surface area contributed by atoms with E-state index in [0.717, 1.165) is 24.0 Å². The first-order valence-electron chi connectivity index (χ1n) is 8.19. The predicted octanol–water partition coefficient (Wildman–Crippen LogP) is 3.08. The number of rotatable bonds is 6. The minimum Gasteiger partial charge on any atom is -0.478 e.